The molecule has 6 aromatic rings. The number of benzene rings is 4. The molecule has 4 aromatic carbocycles. The summed E-state index contributed by atoms with van der Waals surface area (Å²) in [5.74, 6) is 9.65. The summed E-state index contributed by atoms with van der Waals surface area (Å²) in [6.45, 7) is 3.96. The van der Waals surface area contributed by atoms with Crippen LogP contribution in [-0.4, -0.2) is 31.0 Å². The zero-order valence-corrected chi connectivity index (χ0v) is 29.9. The van der Waals surface area contributed by atoms with E-state index in [1.165, 1.54) is 11.1 Å². The molecule has 0 unspecified atom stereocenters. The van der Waals surface area contributed by atoms with Crippen molar-refractivity contribution in [3.63, 3.8) is 0 Å². The molecule has 2 aromatic heterocycles. The van der Waals surface area contributed by atoms with Gasteiger partial charge >= 0.3 is 22.5 Å². The van der Waals surface area contributed by atoms with Gasteiger partial charge in [0.1, 0.15) is 5.69 Å². The number of nitrogens with two attached hydrogens (primary N) is 2. The molecule has 5 N–H and O–H groups in total. The van der Waals surface area contributed by atoms with Crippen molar-refractivity contribution < 1.29 is 51.0 Å². The number of aryl methyl sites for hydroxylation is 2. The average Bonchev–Trinajstić information content (AvgIpc) is 3.80. The fourth-order valence-corrected chi connectivity index (χ4v) is 5.35. The second-order valence-corrected chi connectivity index (χ2v) is 12.1. The van der Waals surface area contributed by atoms with Gasteiger partial charge in [-0.2, -0.15) is 22.0 Å². The number of carbonyl (C=O) groups excluding carboxylic acids is 1. The van der Waals surface area contributed by atoms with Gasteiger partial charge in [0.05, 0.1) is 59.1 Å². The Morgan fingerprint density at radius 2 is 1.10 bits per heavy atom. The molecule has 0 fully saturated rings. The molecule has 2 heterocycles. The van der Waals surface area contributed by atoms with Crippen LogP contribution in [0.4, 0.5) is 0 Å². The van der Waals surface area contributed by atoms with E-state index >= 15 is 0 Å². The zero-order chi connectivity index (χ0) is 36.6. The number of hydrogen-bond donors (Lipinski definition) is 3. The van der Waals surface area contributed by atoms with Crippen LogP contribution in [0.2, 0.25) is 0 Å². The summed E-state index contributed by atoms with van der Waals surface area (Å²) in [7, 11) is 0. The molecule has 0 spiro atoms. The Morgan fingerprint density at radius 1 is 0.686 bits per heavy atom. The van der Waals surface area contributed by atoms with Crippen molar-refractivity contribution >= 4 is 30.4 Å². The van der Waals surface area contributed by atoms with E-state index in [0.717, 1.165) is 74.1 Å². The van der Waals surface area contributed by atoms with Gasteiger partial charge in [0, 0.05) is 20.9 Å². The quantitative estimate of drug-likeness (QED) is 0.0405. The van der Waals surface area contributed by atoms with Gasteiger partial charge in [0.2, 0.25) is 0 Å². The van der Waals surface area contributed by atoms with E-state index in [2.05, 4.69) is 41.0 Å². The molecule has 0 atom stereocenters. The Hall–Kier alpha value is -4.49. The maximum absolute atomic E-state index is 11.1. The normalized spacial score (nSPS) is 10.5. The summed E-state index contributed by atoms with van der Waals surface area (Å²) in [4.78, 5) is 21.0. The van der Waals surface area contributed by atoms with Gasteiger partial charge in [-0.15, -0.1) is 18.6 Å². The molecular formula is C34H32MnN6O8S2. The Labute approximate surface area is 307 Å². The number of aromatic nitrogens is 4. The molecule has 0 saturated carbocycles. The maximum atomic E-state index is 11.1. The molecule has 0 amide bonds. The van der Waals surface area contributed by atoms with Gasteiger partial charge in [0.25, 0.3) is 0 Å². The Kier molecular flexibility index (Phi) is 15.7. The molecule has 6 rings (SSSR count). The van der Waals surface area contributed by atoms with Crippen LogP contribution in [0, 0.1) is 13.8 Å². The molecule has 0 bridgehead atoms. The molecule has 265 valence electrons. The van der Waals surface area contributed by atoms with Gasteiger partial charge in [0.15, 0.2) is 6.29 Å². The minimum atomic E-state index is -1.44. The predicted octanol–water partition coefficient (Wildman–Crippen LogP) is 6.42. The van der Waals surface area contributed by atoms with Gasteiger partial charge in [-0.3, -0.25) is 4.79 Å². The van der Waals surface area contributed by atoms with Crippen LogP contribution in [0.25, 0.3) is 33.9 Å². The van der Waals surface area contributed by atoms with E-state index in [0.29, 0.717) is 11.4 Å². The van der Waals surface area contributed by atoms with Crippen molar-refractivity contribution in [3.8, 4) is 33.9 Å². The monoisotopic (exact) mass is 771 g/mol. The standard InChI is InChI=1S/C17H17N3O3S.C17H15N3O3S.Mn.2O/c2*1-12-2-4-13(5-3-12)17-10-14(11-21)19-20(17)15-6-8-16(9-7-15)24-23-22-18;;;/h2-10,21H,11,18H2,1H3;2-11H,18H2,1H3;;;. The fraction of sp³-hybridized carbons (Fsp3) is 0.0882. The van der Waals surface area contributed by atoms with Gasteiger partial charge in [-0.1, -0.05) is 59.7 Å². The number of rotatable bonds is 12. The Morgan fingerprint density at radius 3 is 1.49 bits per heavy atom. The van der Waals surface area contributed by atoms with Crippen molar-refractivity contribution in [3.05, 3.63) is 132 Å². The van der Waals surface area contributed by atoms with Crippen molar-refractivity contribution in [2.45, 2.75) is 30.2 Å². The van der Waals surface area contributed by atoms with Gasteiger partial charge in [-0.05, 0) is 74.5 Å². The Bertz CT molecular complexity index is 2020. The predicted molar refractivity (Wildman–Crippen MR) is 185 cm³/mol. The third-order valence-corrected chi connectivity index (χ3v) is 8.19. The van der Waals surface area contributed by atoms with E-state index in [-0.39, 0.29) is 6.61 Å². The summed E-state index contributed by atoms with van der Waals surface area (Å²) >= 11 is 0.585. The number of aliphatic hydroxyl groups excluding tert-OH is 1. The number of aliphatic hydroxyl groups is 1. The SMILES string of the molecule is Cc1ccc(-c2cc(C=O)nn2-c2ccc(SOON)cc2)cc1.Cc1ccc(-c2cc(CO)nn2-c2ccc(SOON)cc2)cc1.[O]=[Mn]=[O]. The molecule has 0 aliphatic heterocycles. The molecule has 0 saturated heterocycles. The summed E-state index contributed by atoms with van der Waals surface area (Å²) in [6.07, 6.45) is 0.741. The first-order chi connectivity index (χ1) is 24.8. The average molecular weight is 772 g/mol. The van der Waals surface area contributed by atoms with Crippen LogP contribution in [0.1, 0.15) is 27.3 Å². The second kappa shape index (κ2) is 20.4. The Balaban J connectivity index is 0.000000212. The van der Waals surface area contributed by atoms with Crippen LogP contribution in [0.3, 0.4) is 0 Å². The second-order valence-electron chi connectivity index (χ2n) is 10.4. The number of carbonyl (C=O) groups is 1. The van der Waals surface area contributed by atoms with E-state index in [1.54, 1.807) is 10.7 Å². The first kappa shape index (κ1) is 39.3. The van der Waals surface area contributed by atoms with Crippen molar-refractivity contribution in [1.29, 1.82) is 0 Å². The summed E-state index contributed by atoms with van der Waals surface area (Å²) in [5, 5.41) is 18.3. The van der Waals surface area contributed by atoms with Crippen LogP contribution in [-0.2, 0) is 47.7 Å². The molecule has 0 aliphatic carbocycles. The minimum absolute atomic E-state index is 0.110. The zero-order valence-electron chi connectivity index (χ0n) is 27.1. The van der Waals surface area contributed by atoms with Crippen LogP contribution >= 0.6 is 24.1 Å². The third kappa shape index (κ3) is 11.3. The van der Waals surface area contributed by atoms with Gasteiger partial charge < -0.3 is 5.11 Å². The topological polar surface area (TPSA) is 196 Å². The molecule has 0 radical (unpaired) electrons. The van der Waals surface area contributed by atoms with E-state index in [4.69, 9.17) is 19.5 Å². The number of aldehydes is 1. The third-order valence-electron chi connectivity index (χ3n) is 6.97. The summed E-state index contributed by atoms with van der Waals surface area (Å²) in [6, 6.07) is 34.9. The molecule has 14 nitrogen and oxygen atoms in total. The first-order valence-corrected chi connectivity index (χ1v) is 17.2. The summed E-state index contributed by atoms with van der Waals surface area (Å²) in [5.41, 5.74) is 8.85. The van der Waals surface area contributed by atoms with Gasteiger partial charge in [-0.25, -0.2) is 9.36 Å². The van der Waals surface area contributed by atoms with Crippen molar-refractivity contribution in [2.75, 3.05) is 0 Å². The van der Waals surface area contributed by atoms with Crippen molar-refractivity contribution in [2.24, 2.45) is 11.8 Å². The fourth-order valence-electron chi connectivity index (χ4n) is 4.62. The molecule has 0 aliphatic rings. The van der Waals surface area contributed by atoms with E-state index in [1.807, 2.05) is 110 Å². The van der Waals surface area contributed by atoms with E-state index in [9.17, 15) is 9.90 Å². The molecule has 51 heavy (non-hydrogen) atoms. The molecular weight excluding hydrogens is 739 g/mol. The van der Waals surface area contributed by atoms with Crippen LogP contribution in [0.15, 0.2) is 119 Å². The molecule has 17 heteroatoms. The summed E-state index contributed by atoms with van der Waals surface area (Å²) < 4.78 is 29.6. The van der Waals surface area contributed by atoms with E-state index < -0.39 is 14.8 Å². The van der Waals surface area contributed by atoms with Crippen LogP contribution in [0.5, 0.6) is 0 Å². The van der Waals surface area contributed by atoms with Crippen LogP contribution < -0.4 is 11.8 Å². The number of nitrogens with zero attached hydrogens (tertiary/aromatic N) is 4. The van der Waals surface area contributed by atoms with Crippen molar-refractivity contribution in [1.82, 2.24) is 19.6 Å². The first-order valence-electron chi connectivity index (χ1n) is 14.7. The number of hydrogen-bond acceptors (Lipinski definition) is 14.